The van der Waals surface area contributed by atoms with Crippen molar-refractivity contribution in [3.8, 4) is 0 Å². The first-order valence-corrected chi connectivity index (χ1v) is 3.20. The number of rotatable bonds is 0. The largest absolute Gasteiger partial charge is 0.384 e. The van der Waals surface area contributed by atoms with Gasteiger partial charge in [0.25, 0.3) is 0 Å². The number of H-pyrrole nitrogens is 1. The molecule has 0 radical (unpaired) electrons. The second kappa shape index (κ2) is 2.43. The summed E-state index contributed by atoms with van der Waals surface area (Å²) in [6, 6.07) is 0. The van der Waals surface area contributed by atoms with Crippen LogP contribution in [0.3, 0.4) is 0 Å². The van der Waals surface area contributed by atoms with E-state index < -0.39 is 0 Å². The molecule has 54 valence electrons. The summed E-state index contributed by atoms with van der Waals surface area (Å²) < 4.78 is 0.236. The van der Waals surface area contributed by atoms with Gasteiger partial charge in [-0.2, -0.15) is 0 Å². The molecule has 0 amide bonds. The Kier molecular flexibility index (Phi) is 1.78. The maximum Gasteiger partial charge on any atom is 0.200 e. The molecule has 0 fully saturated rings. The van der Waals surface area contributed by atoms with Gasteiger partial charge >= 0.3 is 0 Å². The topological polar surface area (TPSA) is 80.7 Å². The third-order valence-corrected chi connectivity index (χ3v) is 1.52. The summed E-state index contributed by atoms with van der Waals surface area (Å²) in [6.45, 7) is 0. The maximum absolute atomic E-state index is 5.56. The van der Waals surface area contributed by atoms with Gasteiger partial charge in [0.1, 0.15) is 16.7 Å². The number of hydrogen-bond donors (Lipinski definition) is 3. The lowest BCUT2D eigenvalue weighted by atomic mass is 10.5. The Labute approximate surface area is 67.2 Å². The summed E-state index contributed by atoms with van der Waals surface area (Å²) in [5, 5.41) is 0.216. The maximum atomic E-state index is 5.56. The number of nitrogen functional groups attached to an aromatic ring is 2. The van der Waals surface area contributed by atoms with E-state index in [0.717, 1.165) is 0 Å². The SMILES string of the molecule is Nc1nc(=S)[nH]c(N)c1Cl. The second-order valence-corrected chi connectivity index (χ2v) is 2.42. The smallest absolute Gasteiger partial charge is 0.200 e. The molecule has 0 aliphatic carbocycles. The van der Waals surface area contributed by atoms with Gasteiger partial charge < -0.3 is 16.5 Å². The van der Waals surface area contributed by atoms with E-state index in [2.05, 4.69) is 22.2 Å². The van der Waals surface area contributed by atoms with Crippen molar-refractivity contribution < 1.29 is 0 Å². The van der Waals surface area contributed by atoms with Crippen molar-refractivity contribution in [3.63, 3.8) is 0 Å². The predicted octanol–water partition coefficient (Wildman–Crippen LogP) is 0.957. The van der Waals surface area contributed by atoms with Gasteiger partial charge in [0.15, 0.2) is 4.77 Å². The number of hydrogen-bond acceptors (Lipinski definition) is 4. The zero-order chi connectivity index (χ0) is 7.72. The standard InChI is InChI=1S/C4H5ClN4S/c5-1-2(6)8-4(10)9-3(1)7/h(H5,6,7,8,9,10). The van der Waals surface area contributed by atoms with Crippen LogP contribution < -0.4 is 11.5 Å². The number of aromatic nitrogens is 2. The van der Waals surface area contributed by atoms with E-state index in [-0.39, 0.29) is 21.4 Å². The van der Waals surface area contributed by atoms with Crippen molar-refractivity contribution in [2.75, 3.05) is 11.5 Å². The fourth-order valence-electron chi connectivity index (χ4n) is 0.494. The number of nitrogens with zero attached hydrogens (tertiary/aromatic N) is 1. The Morgan fingerprint density at radius 2 is 2.10 bits per heavy atom. The Bertz CT molecular complexity index is 280. The van der Waals surface area contributed by atoms with Crippen LogP contribution in [0.25, 0.3) is 0 Å². The average molecular weight is 177 g/mol. The molecule has 5 N–H and O–H groups in total. The predicted molar refractivity (Wildman–Crippen MR) is 43.3 cm³/mol. The first-order chi connectivity index (χ1) is 4.61. The number of nitrogens with two attached hydrogens (primary N) is 2. The van der Waals surface area contributed by atoms with Crippen LogP contribution in [0.1, 0.15) is 0 Å². The highest BCUT2D eigenvalue weighted by atomic mass is 35.5. The van der Waals surface area contributed by atoms with Crippen LogP contribution in [0, 0.1) is 4.77 Å². The molecule has 0 saturated heterocycles. The molecule has 0 aromatic carbocycles. The Morgan fingerprint density at radius 1 is 1.50 bits per heavy atom. The van der Waals surface area contributed by atoms with Crippen LogP contribution in [0.5, 0.6) is 0 Å². The molecule has 1 rings (SSSR count). The van der Waals surface area contributed by atoms with Gasteiger partial charge in [-0.1, -0.05) is 11.6 Å². The highest BCUT2D eigenvalue weighted by Gasteiger charge is 2.00. The molecule has 1 aromatic rings. The Morgan fingerprint density at radius 3 is 2.60 bits per heavy atom. The zero-order valence-corrected chi connectivity index (χ0v) is 6.46. The molecule has 0 bridgehead atoms. The Balaban J connectivity index is 3.46. The molecule has 0 spiro atoms. The molecular weight excluding hydrogens is 172 g/mol. The molecule has 0 atom stereocenters. The van der Waals surface area contributed by atoms with Crippen LogP contribution in [0.15, 0.2) is 0 Å². The molecule has 0 saturated carbocycles. The minimum atomic E-state index is 0.155. The van der Waals surface area contributed by atoms with Crippen molar-refractivity contribution in [2.24, 2.45) is 0 Å². The van der Waals surface area contributed by atoms with E-state index in [9.17, 15) is 0 Å². The third-order valence-electron chi connectivity index (χ3n) is 0.925. The van der Waals surface area contributed by atoms with Gasteiger partial charge in [-0.25, -0.2) is 4.98 Å². The van der Waals surface area contributed by atoms with Crippen LogP contribution in [0.4, 0.5) is 11.6 Å². The number of anilines is 2. The number of halogens is 1. The van der Waals surface area contributed by atoms with Crippen molar-refractivity contribution in [1.82, 2.24) is 9.97 Å². The summed E-state index contributed by atoms with van der Waals surface area (Å²) >= 11 is 10.2. The first kappa shape index (κ1) is 7.30. The molecular formula is C4H5ClN4S. The van der Waals surface area contributed by atoms with Gasteiger partial charge in [0.2, 0.25) is 0 Å². The summed E-state index contributed by atoms with van der Waals surface area (Å²) in [5.74, 6) is 0.405. The van der Waals surface area contributed by atoms with Crippen LogP contribution in [0.2, 0.25) is 5.02 Å². The van der Waals surface area contributed by atoms with Gasteiger partial charge in [-0.3, -0.25) is 0 Å². The van der Waals surface area contributed by atoms with Crippen LogP contribution in [-0.4, -0.2) is 9.97 Å². The number of aromatic amines is 1. The molecule has 1 heterocycles. The fraction of sp³-hybridized carbons (Fsp3) is 0. The lowest BCUT2D eigenvalue weighted by Crippen LogP contribution is -1.99. The van der Waals surface area contributed by atoms with Gasteiger partial charge in [-0.15, -0.1) is 0 Å². The van der Waals surface area contributed by atoms with Crippen molar-refractivity contribution in [1.29, 1.82) is 0 Å². The van der Waals surface area contributed by atoms with E-state index in [4.69, 9.17) is 23.1 Å². The molecule has 0 aliphatic heterocycles. The van der Waals surface area contributed by atoms with Gasteiger partial charge in [0, 0.05) is 0 Å². The van der Waals surface area contributed by atoms with E-state index in [1.54, 1.807) is 0 Å². The van der Waals surface area contributed by atoms with E-state index in [1.807, 2.05) is 0 Å². The van der Waals surface area contributed by atoms with Crippen molar-refractivity contribution in [2.45, 2.75) is 0 Å². The highest BCUT2D eigenvalue weighted by molar-refractivity contribution is 7.71. The van der Waals surface area contributed by atoms with Crippen molar-refractivity contribution in [3.05, 3.63) is 9.79 Å². The lowest BCUT2D eigenvalue weighted by Gasteiger charge is -1.98. The van der Waals surface area contributed by atoms with Crippen molar-refractivity contribution >= 4 is 35.5 Å². The van der Waals surface area contributed by atoms with Gasteiger partial charge in [-0.05, 0) is 12.2 Å². The fourth-order valence-corrected chi connectivity index (χ4v) is 0.792. The average Bonchev–Trinajstić information content (AvgIpc) is 1.82. The molecule has 1 aromatic heterocycles. The van der Waals surface area contributed by atoms with E-state index in [1.165, 1.54) is 0 Å². The summed E-state index contributed by atoms with van der Waals surface area (Å²) in [6.07, 6.45) is 0. The normalized spacial score (nSPS) is 9.70. The molecule has 10 heavy (non-hydrogen) atoms. The summed E-state index contributed by atoms with van der Waals surface area (Å²) in [5.41, 5.74) is 10.7. The van der Waals surface area contributed by atoms with Gasteiger partial charge in [0.05, 0.1) is 0 Å². The lowest BCUT2D eigenvalue weighted by molar-refractivity contribution is 1.15. The van der Waals surface area contributed by atoms with E-state index >= 15 is 0 Å². The molecule has 0 aliphatic rings. The monoisotopic (exact) mass is 176 g/mol. The van der Waals surface area contributed by atoms with Crippen LogP contribution >= 0.6 is 23.8 Å². The highest BCUT2D eigenvalue weighted by Crippen LogP contribution is 2.20. The Hall–Kier alpha value is -0.810. The molecule has 0 unspecified atom stereocenters. The molecule has 6 heteroatoms. The first-order valence-electron chi connectivity index (χ1n) is 2.42. The summed E-state index contributed by atoms with van der Waals surface area (Å²) in [4.78, 5) is 6.21. The quantitative estimate of drug-likeness (QED) is 0.515. The zero-order valence-electron chi connectivity index (χ0n) is 4.89. The summed E-state index contributed by atoms with van der Waals surface area (Å²) in [7, 11) is 0. The number of nitrogens with one attached hydrogen (secondary N) is 1. The second-order valence-electron chi connectivity index (χ2n) is 1.65. The van der Waals surface area contributed by atoms with Crippen LogP contribution in [-0.2, 0) is 0 Å². The third kappa shape index (κ3) is 1.19. The minimum Gasteiger partial charge on any atom is -0.384 e. The minimum absolute atomic E-state index is 0.155. The van der Waals surface area contributed by atoms with E-state index in [0.29, 0.717) is 0 Å². The molecule has 4 nitrogen and oxygen atoms in total.